The van der Waals surface area contributed by atoms with Crippen molar-refractivity contribution < 1.29 is 5.11 Å². The van der Waals surface area contributed by atoms with Gasteiger partial charge in [-0.05, 0) is 0 Å². The van der Waals surface area contributed by atoms with Crippen molar-refractivity contribution in [2.75, 3.05) is 13.1 Å². The van der Waals surface area contributed by atoms with Crippen molar-refractivity contribution in [2.45, 2.75) is 26.5 Å². The highest BCUT2D eigenvalue weighted by Crippen LogP contribution is 2.31. The molecule has 84 valence electrons. The molecule has 1 unspecified atom stereocenters. The fourth-order valence-electron chi connectivity index (χ4n) is 1.94. The second-order valence-corrected chi connectivity index (χ2v) is 6.45. The Morgan fingerprint density at radius 1 is 1.73 bits per heavy atom. The quantitative estimate of drug-likeness (QED) is 0.867. The van der Waals surface area contributed by atoms with Gasteiger partial charge in [-0.2, -0.15) is 0 Å². The van der Waals surface area contributed by atoms with Crippen LogP contribution in [0.1, 0.15) is 18.7 Å². The number of aromatic nitrogens is 1. The molecule has 15 heavy (non-hydrogen) atoms. The van der Waals surface area contributed by atoms with Crippen molar-refractivity contribution in [1.29, 1.82) is 0 Å². The maximum atomic E-state index is 9.83. The highest BCUT2D eigenvalue weighted by Gasteiger charge is 2.37. The zero-order valence-corrected chi connectivity index (χ0v) is 10.5. The lowest BCUT2D eigenvalue weighted by atomic mass is 9.90. The van der Waals surface area contributed by atoms with Crippen LogP contribution in [-0.4, -0.2) is 34.2 Å². The summed E-state index contributed by atoms with van der Waals surface area (Å²) >= 11 is 7.28. The smallest absolute Gasteiger partial charge is 0.183 e. The molecule has 1 N–H and O–H groups in total. The van der Waals surface area contributed by atoms with Gasteiger partial charge in [0.15, 0.2) is 4.47 Å². The first kappa shape index (κ1) is 11.3. The van der Waals surface area contributed by atoms with Gasteiger partial charge in [-0.1, -0.05) is 25.4 Å². The second-order valence-electron chi connectivity index (χ2n) is 4.75. The van der Waals surface area contributed by atoms with E-state index in [0.29, 0.717) is 4.47 Å². The molecule has 2 heterocycles. The summed E-state index contributed by atoms with van der Waals surface area (Å²) in [4.78, 5) is 7.41. The number of nitrogens with zero attached hydrogens (tertiary/aromatic N) is 2. The zero-order valence-electron chi connectivity index (χ0n) is 8.90. The average molecular weight is 247 g/mol. The first-order valence-electron chi connectivity index (χ1n) is 4.98. The Morgan fingerprint density at radius 3 is 2.93 bits per heavy atom. The van der Waals surface area contributed by atoms with E-state index in [2.05, 4.69) is 23.7 Å². The Kier molecular flexibility index (Phi) is 3.03. The summed E-state index contributed by atoms with van der Waals surface area (Å²) < 4.78 is 0.587. The highest BCUT2D eigenvalue weighted by molar-refractivity contribution is 7.15. The number of halogens is 1. The zero-order chi connectivity index (χ0) is 11.1. The third-order valence-corrected chi connectivity index (χ3v) is 3.97. The molecular formula is C10H15ClN2OS. The van der Waals surface area contributed by atoms with Gasteiger partial charge in [-0.3, -0.25) is 4.90 Å². The van der Waals surface area contributed by atoms with Crippen molar-refractivity contribution in [3.05, 3.63) is 15.5 Å². The Balaban J connectivity index is 1.98. The number of likely N-dealkylation sites (tertiary alicyclic amines) is 1. The molecule has 2 rings (SSSR count). The normalized spacial score (nSPS) is 26.0. The van der Waals surface area contributed by atoms with E-state index in [4.69, 9.17) is 11.6 Å². The fraction of sp³-hybridized carbons (Fsp3) is 0.700. The van der Waals surface area contributed by atoms with Crippen LogP contribution in [0.5, 0.6) is 0 Å². The monoisotopic (exact) mass is 246 g/mol. The van der Waals surface area contributed by atoms with Crippen molar-refractivity contribution in [1.82, 2.24) is 9.88 Å². The number of aliphatic hydroxyl groups is 1. The molecule has 3 nitrogen and oxygen atoms in total. The number of aliphatic hydroxyl groups excluding tert-OH is 1. The van der Waals surface area contributed by atoms with Crippen LogP contribution in [-0.2, 0) is 6.54 Å². The summed E-state index contributed by atoms with van der Waals surface area (Å²) in [5, 5.41) is 9.83. The Labute approximate surface area is 98.7 Å². The molecule has 0 aliphatic carbocycles. The predicted octanol–water partition coefficient (Wildman–Crippen LogP) is 2.00. The number of hydrogen-bond acceptors (Lipinski definition) is 4. The molecule has 0 bridgehead atoms. The molecule has 1 aromatic rings. The molecular weight excluding hydrogens is 232 g/mol. The van der Waals surface area contributed by atoms with Crippen LogP contribution in [0.3, 0.4) is 0 Å². The first-order chi connectivity index (χ1) is 6.97. The minimum absolute atomic E-state index is 0.00547. The fourth-order valence-corrected chi connectivity index (χ4v) is 2.96. The van der Waals surface area contributed by atoms with Gasteiger partial charge < -0.3 is 5.11 Å². The van der Waals surface area contributed by atoms with Crippen LogP contribution in [0.15, 0.2) is 6.20 Å². The molecule has 1 fully saturated rings. The van der Waals surface area contributed by atoms with Gasteiger partial charge in [0, 0.05) is 36.1 Å². The molecule has 1 saturated heterocycles. The number of β-amino-alcohol motifs (C(OH)–C–C–N with tert-alkyl or cyclic N) is 1. The third-order valence-electron chi connectivity index (χ3n) is 2.87. The highest BCUT2D eigenvalue weighted by atomic mass is 35.5. The van der Waals surface area contributed by atoms with Gasteiger partial charge >= 0.3 is 0 Å². The topological polar surface area (TPSA) is 36.4 Å². The van der Waals surface area contributed by atoms with Gasteiger partial charge in [0.2, 0.25) is 0 Å². The molecule has 1 aliphatic heterocycles. The summed E-state index contributed by atoms with van der Waals surface area (Å²) in [6.45, 7) is 6.69. The average Bonchev–Trinajstić information content (AvgIpc) is 2.59. The summed E-state index contributed by atoms with van der Waals surface area (Å²) in [6, 6.07) is 0. The summed E-state index contributed by atoms with van der Waals surface area (Å²) in [5.74, 6) is 0. The lowest BCUT2D eigenvalue weighted by Gasteiger charge is -2.20. The van der Waals surface area contributed by atoms with E-state index >= 15 is 0 Å². The van der Waals surface area contributed by atoms with Crippen LogP contribution < -0.4 is 0 Å². The second kappa shape index (κ2) is 4.01. The summed E-state index contributed by atoms with van der Waals surface area (Å²) in [5.41, 5.74) is -0.00547. The summed E-state index contributed by atoms with van der Waals surface area (Å²) in [6.07, 6.45) is 1.57. The molecule has 0 radical (unpaired) electrons. The molecule has 0 aromatic carbocycles. The lowest BCUT2D eigenvalue weighted by molar-refractivity contribution is 0.0955. The third kappa shape index (κ3) is 2.50. The van der Waals surface area contributed by atoms with E-state index in [0.717, 1.165) is 24.5 Å². The van der Waals surface area contributed by atoms with E-state index in [1.165, 1.54) is 11.3 Å². The van der Waals surface area contributed by atoms with Crippen molar-refractivity contribution in [2.24, 2.45) is 5.41 Å². The molecule has 5 heteroatoms. The van der Waals surface area contributed by atoms with Gasteiger partial charge in [-0.15, -0.1) is 11.3 Å². The maximum Gasteiger partial charge on any atom is 0.183 e. The molecule has 1 aliphatic rings. The van der Waals surface area contributed by atoms with Gasteiger partial charge in [-0.25, -0.2) is 4.98 Å². The molecule has 0 saturated carbocycles. The van der Waals surface area contributed by atoms with E-state index < -0.39 is 0 Å². The first-order valence-corrected chi connectivity index (χ1v) is 6.17. The van der Waals surface area contributed by atoms with Crippen LogP contribution in [0, 0.1) is 5.41 Å². The SMILES string of the molecule is CC1(C)CN(Cc2cnc(Cl)s2)CC1O. The Morgan fingerprint density at radius 2 is 2.47 bits per heavy atom. The van der Waals surface area contributed by atoms with E-state index in [1.54, 1.807) is 0 Å². The van der Waals surface area contributed by atoms with Crippen LogP contribution in [0.4, 0.5) is 0 Å². The largest absolute Gasteiger partial charge is 0.391 e. The Hall–Kier alpha value is -0.160. The van der Waals surface area contributed by atoms with Gasteiger partial charge in [0.05, 0.1) is 6.10 Å². The van der Waals surface area contributed by atoms with Gasteiger partial charge in [0.25, 0.3) is 0 Å². The van der Waals surface area contributed by atoms with Gasteiger partial charge in [0.1, 0.15) is 0 Å². The molecule has 0 amide bonds. The lowest BCUT2D eigenvalue weighted by Crippen LogP contribution is -2.26. The van der Waals surface area contributed by atoms with Crippen molar-refractivity contribution >= 4 is 22.9 Å². The van der Waals surface area contributed by atoms with Crippen molar-refractivity contribution in [3.8, 4) is 0 Å². The molecule has 1 atom stereocenters. The Bertz CT molecular complexity index is 353. The predicted molar refractivity (Wildman–Crippen MR) is 62.2 cm³/mol. The minimum Gasteiger partial charge on any atom is -0.391 e. The number of rotatable bonds is 2. The van der Waals surface area contributed by atoms with E-state index in [1.807, 2.05) is 6.20 Å². The van der Waals surface area contributed by atoms with Crippen LogP contribution >= 0.6 is 22.9 Å². The van der Waals surface area contributed by atoms with Crippen LogP contribution in [0.25, 0.3) is 0 Å². The molecule has 0 spiro atoms. The number of hydrogen-bond donors (Lipinski definition) is 1. The standard InChI is InChI=1S/C10H15ClN2OS/c1-10(2)6-13(5-8(10)14)4-7-3-12-9(11)15-7/h3,8,14H,4-6H2,1-2H3. The van der Waals surface area contributed by atoms with Crippen molar-refractivity contribution in [3.63, 3.8) is 0 Å². The maximum absolute atomic E-state index is 9.83. The van der Waals surface area contributed by atoms with E-state index in [9.17, 15) is 5.11 Å². The molecule has 1 aromatic heterocycles. The number of thiazole rings is 1. The summed E-state index contributed by atoms with van der Waals surface area (Å²) in [7, 11) is 0. The van der Waals surface area contributed by atoms with E-state index in [-0.39, 0.29) is 11.5 Å². The minimum atomic E-state index is -0.235. The van der Waals surface area contributed by atoms with Crippen LogP contribution in [0.2, 0.25) is 4.47 Å².